The lowest BCUT2D eigenvalue weighted by molar-refractivity contribution is 0.102. The van der Waals surface area contributed by atoms with Gasteiger partial charge < -0.3 is 10.6 Å². The molecule has 0 aliphatic heterocycles. The number of nitrogens with one attached hydrogen (secondary N) is 3. The van der Waals surface area contributed by atoms with Crippen molar-refractivity contribution in [3.8, 4) is 0 Å². The molecular weight excluding hydrogens is 398 g/mol. The minimum atomic E-state index is -3.41. The molecule has 2 amide bonds. The van der Waals surface area contributed by atoms with Crippen molar-refractivity contribution in [3.63, 3.8) is 0 Å². The molecule has 0 saturated carbocycles. The second-order valence-electron chi connectivity index (χ2n) is 5.93. The summed E-state index contributed by atoms with van der Waals surface area (Å²) < 4.78 is 25.0. The number of rotatable bonds is 6. The van der Waals surface area contributed by atoms with E-state index >= 15 is 0 Å². The van der Waals surface area contributed by atoms with Crippen molar-refractivity contribution in [3.05, 3.63) is 76.5 Å². The third kappa shape index (κ3) is 5.41. The summed E-state index contributed by atoms with van der Waals surface area (Å²) in [5.74, 6) is -0.693. The molecule has 144 valence electrons. The van der Waals surface area contributed by atoms with Gasteiger partial charge in [0.1, 0.15) is 0 Å². The second kappa shape index (κ2) is 8.24. The van der Waals surface area contributed by atoms with Gasteiger partial charge in [0.05, 0.1) is 22.4 Å². The number of thiophene rings is 1. The number of benzene rings is 2. The number of anilines is 3. The van der Waals surface area contributed by atoms with E-state index in [1.165, 1.54) is 12.1 Å². The molecule has 2 aromatic carbocycles. The van der Waals surface area contributed by atoms with E-state index in [1.54, 1.807) is 35.7 Å². The van der Waals surface area contributed by atoms with E-state index < -0.39 is 10.0 Å². The van der Waals surface area contributed by atoms with Crippen LogP contribution in [0.1, 0.15) is 20.0 Å². The van der Waals surface area contributed by atoms with Crippen molar-refractivity contribution in [2.24, 2.45) is 0 Å². The number of carbonyl (C=O) groups excluding carboxylic acids is 2. The fourth-order valence-corrected chi connectivity index (χ4v) is 3.70. The monoisotopic (exact) mass is 415 g/mol. The molecule has 1 aromatic heterocycles. The van der Waals surface area contributed by atoms with Gasteiger partial charge in [-0.05, 0) is 36.4 Å². The van der Waals surface area contributed by atoms with Crippen LogP contribution in [0.4, 0.5) is 17.1 Å². The van der Waals surface area contributed by atoms with Gasteiger partial charge in [0.2, 0.25) is 10.0 Å². The Kier molecular flexibility index (Phi) is 5.76. The van der Waals surface area contributed by atoms with Crippen molar-refractivity contribution in [1.82, 2.24) is 0 Å². The molecule has 3 aromatic rings. The summed E-state index contributed by atoms with van der Waals surface area (Å²) in [7, 11) is -3.41. The largest absolute Gasteiger partial charge is 0.322 e. The lowest BCUT2D eigenvalue weighted by atomic mass is 10.2. The van der Waals surface area contributed by atoms with E-state index in [0.717, 1.165) is 17.6 Å². The van der Waals surface area contributed by atoms with Gasteiger partial charge in [-0.2, -0.15) is 0 Å². The highest BCUT2D eigenvalue weighted by Crippen LogP contribution is 2.20. The minimum absolute atomic E-state index is 0.305. The third-order valence-electron chi connectivity index (χ3n) is 3.54. The predicted octanol–water partition coefficient (Wildman–Crippen LogP) is 3.62. The molecule has 0 spiro atoms. The molecule has 0 saturated heterocycles. The molecule has 0 atom stereocenters. The van der Waals surface area contributed by atoms with Crippen molar-refractivity contribution in [2.75, 3.05) is 21.6 Å². The van der Waals surface area contributed by atoms with Crippen molar-refractivity contribution in [2.45, 2.75) is 0 Å². The molecule has 0 bridgehead atoms. The SMILES string of the molecule is CS(=O)(=O)Nc1cccc(NC(=O)c2cc(C(=O)Nc3ccccc3)cs2)c1. The lowest BCUT2D eigenvalue weighted by Crippen LogP contribution is -2.13. The first-order chi connectivity index (χ1) is 13.3. The minimum Gasteiger partial charge on any atom is -0.322 e. The van der Waals surface area contributed by atoms with Crippen LogP contribution in [-0.2, 0) is 10.0 Å². The van der Waals surface area contributed by atoms with Crippen LogP contribution in [0, 0.1) is 0 Å². The van der Waals surface area contributed by atoms with E-state index in [9.17, 15) is 18.0 Å². The Morgan fingerprint density at radius 2 is 1.46 bits per heavy atom. The fourth-order valence-electron chi connectivity index (χ4n) is 2.37. The Balaban J connectivity index is 1.67. The first-order valence-corrected chi connectivity index (χ1v) is 10.9. The summed E-state index contributed by atoms with van der Waals surface area (Å²) in [6.45, 7) is 0. The zero-order valence-electron chi connectivity index (χ0n) is 14.8. The molecular formula is C19H17N3O4S2. The molecule has 1 heterocycles. The maximum atomic E-state index is 12.4. The van der Waals surface area contributed by atoms with Gasteiger partial charge in [-0.25, -0.2) is 8.42 Å². The topological polar surface area (TPSA) is 104 Å². The number of hydrogen-bond acceptors (Lipinski definition) is 5. The van der Waals surface area contributed by atoms with Crippen LogP contribution < -0.4 is 15.4 Å². The van der Waals surface area contributed by atoms with Gasteiger partial charge >= 0.3 is 0 Å². The number of sulfonamides is 1. The van der Waals surface area contributed by atoms with E-state index in [2.05, 4.69) is 15.4 Å². The molecule has 3 rings (SSSR count). The van der Waals surface area contributed by atoms with Crippen LogP contribution in [0.15, 0.2) is 66.0 Å². The van der Waals surface area contributed by atoms with Crippen molar-refractivity contribution < 1.29 is 18.0 Å². The summed E-state index contributed by atoms with van der Waals surface area (Å²) in [6, 6.07) is 16.9. The molecule has 28 heavy (non-hydrogen) atoms. The van der Waals surface area contributed by atoms with Crippen LogP contribution in [0.5, 0.6) is 0 Å². The zero-order chi connectivity index (χ0) is 20.1. The van der Waals surface area contributed by atoms with E-state index in [0.29, 0.717) is 27.5 Å². The Bertz CT molecular complexity index is 1110. The maximum absolute atomic E-state index is 12.4. The van der Waals surface area contributed by atoms with Gasteiger partial charge in [0.25, 0.3) is 11.8 Å². The van der Waals surface area contributed by atoms with Crippen LogP contribution in [0.25, 0.3) is 0 Å². The average Bonchev–Trinajstić information content (AvgIpc) is 3.12. The second-order valence-corrected chi connectivity index (χ2v) is 8.59. The van der Waals surface area contributed by atoms with Gasteiger partial charge in [0.15, 0.2) is 0 Å². The maximum Gasteiger partial charge on any atom is 0.265 e. The molecule has 0 radical (unpaired) electrons. The summed E-state index contributed by atoms with van der Waals surface area (Å²) in [6.07, 6.45) is 1.05. The van der Waals surface area contributed by atoms with Gasteiger partial charge in [0, 0.05) is 16.8 Å². The van der Waals surface area contributed by atoms with E-state index in [-0.39, 0.29) is 11.8 Å². The molecule has 0 aliphatic carbocycles. The van der Waals surface area contributed by atoms with Crippen LogP contribution in [0.3, 0.4) is 0 Å². The third-order valence-corrected chi connectivity index (χ3v) is 5.08. The standard InChI is InChI=1S/C19H17N3O4S2/c1-28(25,26)22-16-9-5-8-15(11-16)21-19(24)17-10-13(12-27-17)18(23)20-14-6-3-2-4-7-14/h2-12,22H,1H3,(H,20,23)(H,21,24). The molecule has 0 fully saturated rings. The quantitative estimate of drug-likeness (QED) is 0.572. The highest BCUT2D eigenvalue weighted by Gasteiger charge is 2.14. The average molecular weight is 415 g/mol. The van der Waals surface area contributed by atoms with Crippen molar-refractivity contribution in [1.29, 1.82) is 0 Å². The van der Waals surface area contributed by atoms with Crippen LogP contribution in [-0.4, -0.2) is 26.5 Å². The Morgan fingerprint density at radius 3 is 2.18 bits per heavy atom. The number of hydrogen-bond donors (Lipinski definition) is 3. The normalized spacial score (nSPS) is 10.9. The number of amides is 2. The summed E-state index contributed by atoms with van der Waals surface area (Å²) in [4.78, 5) is 25.1. The summed E-state index contributed by atoms with van der Waals surface area (Å²) >= 11 is 1.15. The van der Waals surface area contributed by atoms with Gasteiger partial charge in [-0.15, -0.1) is 11.3 Å². The van der Waals surface area contributed by atoms with E-state index in [1.807, 2.05) is 18.2 Å². The molecule has 0 unspecified atom stereocenters. The van der Waals surface area contributed by atoms with Crippen LogP contribution in [0.2, 0.25) is 0 Å². The summed E-state index contributed by atoms with van der Waals surface area (Å²) in [5, 5.41) is 7.06. The van der Waals surface area contributed by atoms with Gasteiger partial charge in [-0.3, -0.25) is 14.3 Å². The predicted molar refractivity (Wildman–Crippen MR) is 112 cm³/mol. The van der Waals surface area contributed by atoms with E-state index in [4.69, 9.17) is 0 Å². The first kappa shape index (κ1) is 19.6. The number of carbonyl (C=O) groups is 2. The molecule has 3 N–H and O–H groups in total. The molecule has 0 aliphatic rings. The van der Waals surface area contributed by atoms with Crippen LogP contribution >= 0.6 is 11.3 Å². The fraction of sp³-hybridized carbons (Fsp3) is 0.0526. The Hall–Kier alpha value is -3.17. The zero-order valence-corrected chi connectivity index (χ0v) is 16.4. The Labute approximate surface area is 166 Å². The molecule has 9 heteroatoms. The number of para-hydroxylation sites is 1. The highest BCUT2D eigenvalue weighted by atomic mass is 32.2. The van der Waals surface area contributed by atoms with Gasteiger partial charge in [-0.1, -0.05) is 24.3 Å². The molecule has 7 nitrogen and oxygen atoms in total. The summed E-state index contributed by atoms with van der Waals surface area (Å²) in [5.41, 5.74) is 1.82. The Morgan fingerprint density at radius 1 is 0.821 bits per heavy atom. The first-order valence-electron chi connectivity index (χ1n) is 8.14. The van der Waals surface area contributed by atoms with Crippen molar-refractivity contribution >= 4 is 50.2 Å². The highest BCUT2D eigenvalue weighted by molar-refractivity contribution is 7.92. The smallest absolute Gasteiger partial charge is 0.265 e. The lowest BCUT2D eigenvalue weighted by Gasteiger charge is -2.07.